The summed E-state index contributed by atoms with van der Waals surface area (Å²) in [6.07, 6.45) is 6.64. The fourth-order valence-electron chi connectivity index (χ4n) is 2.99. The Balaban J connectivity index is 1.46. The summed E-state index contributed by atoms with van der Waals surface area (Å²) in [6, 6.07) is 3.46. The van der Waals surface area contributed by atoms with Gasteiger partial charge in [-0.1, -0.05) is 5.16 Å². The van der Waals surface area contributed by atoms with Gasteiger partial charge in [-0.2, -0.15) is 4.98 Å². The first-order valence-corrected chi connectivity index (χ1v) is 8.26. The zero-order valence-corrected chi connectivity index (χ0v) is 14.2. The number of amides is 1. The van der Waals surface area contributed by atoms with Gasteiger partial charge in [-0.15, -0.1) is 0 Å². The molecular formula is C17H17FN6O2. The van der Waals surface area contributed by atoms with Crippen molar-refractivity contribution >= 4 is 5.91 Å². The van der Waals surface area contributed by atoms with E-state index in [1.54, 1.807) is 53.6 Å². The number of aromatic nitrogens is 5. The number of aryl methyl sites for hydroxylation is 1. The molecule has 3 aromatic heterocycles. The number of halogens is 1. The van der Waals surface area contributed by atoms with Crippen molar-refractivity contribution in [2.75, 3.05) is 13.1 Å². The van der Waals surface area contributed by atoms with E-state index >= 15 is 4.39 Å². The number of alkyl halides is 1. The third-order valence-corrected chi connectivity index (χ3v) is 4.52. The second kappa shape index (κ2) is 6.32. The molecule has 26 heavy (non-hydrogen) atoms. The van der Waals surface area contributed by atoms with E-state index < -0.39 is 5.67 Å². The second-order valence-corrected chi connectivity index (χ2v) is 6.34. The summed E-state index contributed by atoms with van der Waals surface area (Å²) in [5.41, 5.74) is -0.669. The SMILES string of the molecule is Cn1cnc(C(=O)N2CCC(F)(c3nc(-c4ccncc4)no3)CC2)c1. The van der Waals surface area contributed by atoms with Crippen LogP contribution in [-0.4, -0.2) is 48.6 Å². The lowest BCUT2D eigenvalue weighted by Crippen LogP contribution is -2.43. The summed E-state index contributed by atoms with van der Waals surface area (Å²) < 4.78 is 22.2. The zero-order valence-electron chi connectivity index (χ0n) is 14.2. The van der Waals surface area contributed by atoms with Crippen molar-refractivity contribution in [2.24, 2.45) is 7.05 Å². The van der Waals surface area contributed by atoms with Crippen LogP contribution in [0.4, 0.5) is 4.39 Å². The van der Waals surface area contributed by atoms with Gasteiger partial charge < -0.3 is 14.0 Å². The van der Waals surface area contributed by atoms with Crippen LogP contribution in [-0.2, 0) is 12.7 Å². The highest BCUT2D eigenvalue weighted by molar-refractivity contribution is 5.92. The van der Waals surface area contributed by atoms with Crippen LogP contribution in [0.25, 0.3) is 11.4 Å². The van der Waals surface area contributed by atoms with E-state index in [1.807, 2.05) is 0 Å². The largest absolute Gasteiger partial charge is 0.340 e. The number of nitrogens with zero attached hydrogens (tertiary/aromatic N) is 6. The van der Waals surface area contributed by atoms with Crippen molar-refractivity contribution < 1.29 is 13.7 Å². The summed E-state index contributed by atoms with van der Waals surface area (Å²) in [5.74, 6) is 0.0799. The van der Waals surface area contributed by atoms with Gasteiger partial charge in [-0.3, -0.25) is 9.78 Å². The van der Waals surface area contributed by atoms with E-state index in [0.29, 0.717) is 17.1 Å². The number of piperidine rings is 1. The molecule has 0 atom stereocenters. The first kappa shape index (κ1) is 16.4. The van der Waals surface area contributed by atoms with Gasteiger partial charge >= 0.3 is 0 Å². The van der Waals surface area contributed by atoms with Crippen molar-refractivity contribution in [3.63, 3.8) is 0 Å². The maximum Gasteiger partial charge on any atom is 0.274 e. The van der Waals surface area contributed by atoms with Crippen LogP contribution >= 0.6 is 0 Å². The molecule has 1 aliphatic heterocycles. The molecule has 1 aliphatic rings. The van der Waals surface area contributed by atoms with Crippen LogP contribution in [0.3, 0.4) is 0 Å². The van der Waals surface area contributed by atoms with E-state index in [2.05, 4.69) is 20.1 Å². The van der Waals surface area contributed by atoms with Gasteiger partial charge in [0.15, 0.2) is 5.67 Å². The third kappa shape index (κ3) is 2.96. The molecule has 0 N–H and O–H groups in total. The van der Waals surface area contributed by atoms with Crippen LogP contribution in [0.2, 0.25) is 0 Å². The first-order valence-electron chi connectivity index (χ1n) is 8.26. The topological polar surface area (TPSA) is 89.9 Å². The number of imidazole rings is 1. The number of pyridine rings is 1. The molecule has 0 radical (unpaired) electrons. The molecular weight excluding hydrogens is 339 g/mol. The number of likely N-dealkylation sites (tertiary alicyclic amines) is 1. The van der Waals surface area contributed by atoms with Gasteiger partial charge in [-0.05, 0) is 12.1 Å². The molecule has 1 fully saturated rings. The smallest absolute Gasteiger partial charge is 0.274 e. The van der Waals surface area contributed by atoms with E-state index in [-0.39, 0.29) is 37.7 Å². The monoisotopic (exact) mass is 356 g/mol. The number of rotatable bonds is 3. The maximum atomic E-state index is 15.3. The third-order valence-electron chi connectivity index (χ3n) is 4.52. The van der Waals surface area contributed by atoms with Crippen LogP contribution in [0.1, 0.15) is 29.2 Å². The molecule has 8 nitrogen and oxygen atoms in total. The molecule has 9 heteroatoms. The van der Waals surface area contributed by atoms with Crippen molar-refractivity contribution in [3.8, 4) is 11.4 Å². The fourth-order valence-corrected chi connectivity index (χ4v) is 2.99. The summed E-state index contributed by atoms with van der Waals surface area (Å²) >= 11 is 0. The molecule has 0 bridgehead atoms. The Morgan fingerprint density at radius 1 is 1.27 bits per heavy atom. The predicted molar refractivity (Wildman–Crippen MR) is 88.7 cm³/mol. The summed E-state index contributed by atoms with van der Waals surface area (Å²) in [6.45, 7) is 0.526. The Bertz CT molecular complexity index is 914. The highest BCUT2D eigenvalue weighted by atomic mass is 19.1. The van der Waals surface area contributed by atoms with Gasteiger partial charge in [0.1, 0.15) is 5.69 Å². The molecule has 0 unspecified atom stereocenters. The molecule has 4 rings (SSSR count). The van der Waals surface area contributed by atoms with Crippen LogP contribution in [0, 0.1) is 0 Å². The fraction of sp³-hybridized carbons (Fsp3) is 0.353. The quantitative estimate of drug-likeness (QED) is 0.713. The molecule has 0 saturated carbocycles. The van der Waals surface area contributed by atoms with E-state index in [0.717, 1.165) is 0 Å². The Morgan fingerprint density at radius 3 is 2.65 bits per heavy atom. The lowest BCUT2D eigenvalue weighted by molar-refractivity contribution is 0.0246. The highest BCUT2D eigenvalue weighted by Crippen LogP contribution is 2.37. The van der Waals surface area contributed by atoms with E-state index in [9.17, 15) is 4.79 Å². The van der Waals surface area contributed by atoms with Crippen molar-refractivity contribution in [2.45, 2.75) is 18.5 Å². The van der Waals surface area contributed by atoms with Crippen molar-refractivity contribution in [1.82, 2.24) is 29.6 Å². The van der Waals surface area contributed by atoms with Crippen molar-refractivity contribution in [1.29, 1.82) is 0 Å². The second-order valence-electron chi connectivity index (χ2n) is 6.34. The number of hydrogen-bond donors (Lipinski definition) is 0. The number of hydrogen-bond acceptors (Lipinski definition) is 6. The lowest BCUT2D eigenvalue weighted by atomic mass is 9.93. The van der Waals surface area contributed by atoms with Crippen LogP contribution < -0.4 is 0 Å². The molecule has 0 aromatic carbocycles. The minimum Gasteiger partial charge on any atom is -0.340 e. The average Bonchev–Trinajstić information content (AvgIpc) is 3.32. The van der Waals surface area contributed by atoms with Crippen LogP contribution in [0.5, 0.6) is 0 Å². The summed E-state index contributed by atoms with van der Waals surface area (Å²) in [7, 11) is 1.79. The molecule has 0 spiro atoms. The van der Waals surface area contributed by atoms with E-state index in [4.69, 9.17) is 4.52 Å². The molecule has 134 valence electrons. The molecule has 3 aromatic rings. The van der Waals surface area contributed by atoms with Gasteiger partial charge in [0, 0.05) is 57.1 Å². The molecule has 1 amide bonds. The molecule has 1 saturated heterocycles. The minimum absolute atomic E-state index is 0.0470. The first-order chi connectivity index (χ1) is 12.5. The molecule has 0 aliphatic carbocycles. The van der Waals surface area contributed by atoms with Gasteiger partial charge in [0.2, 0.25) is 5.82 Å². The van der Waals surface area contributed by atoms with Crippen molar-refractivity contribution in [3.05, 3.63) is 48.6 Å². The Hall–Kier alpha value is -3.10. The average molecular weight is 356 g/mol. The summed E-state index contributed by atoms with van der Waals surface area (Å²) in [4.78, 5) is 26.2. The predicted octanol–water partition coefficient (Wildman–Crippen LogP) is 1.97. The zero-order chi connectivity index (χ0) is 18.1. The summed E-state index contributed by atoms with van der Waals surface area (Å²) in [5, 5.41) is 3.86. The normalized spacial score (nSPS) is 16.6. The Labute approximate surface area is 148 Å². The van der Waals surface area contributed by atoms with Gasteiger partial charge in [-0.25, -0.2) is 9.37 Å². The lowest BCUT2D eigenvalue weighted by Gasteiger charge is -2.33. The van der Waals surface area contributed by atoms with Gasteiger partial charge in [0.25, 0.3) is 11.8 Å². The van der Waals surface area contributed by atoms with E-state index in [1.165, 1.54) is 0 Å². The Morgan fingerprint density at radius 2 is 2.00 bits per heavy atom. The van der Waals surface area contributed by atoms with Crippen LogP contribution in [0.15, 0.2) is 41.6 Å². The highest BCUT2D eigenvalue weighted by Gasteiger charge is 2.42. The minimum atomic E-state index is -1.74. The standard InChI is InChI=1S/C17H17FN6O2/c1-23-10-13(20-11-23)15(25)24-8-4-17(18,5-9-24)16-21-14(22-26-16)12-2-6-19-7-3-12/h2-3,6-7,10-11H,4-5,8-9H2,1H3. The number of carbonyl (C=O) groups is 1. The maximum absolute atomic E-state index is 15.3. The van der Waals surface area contributed by atoms with Gasteiger partial charge in [0.05, 0.1) is 6.33 Å². The molecule has 4 heterocycles. The Kier molecular flexibility index (Phi) is 3.98. The number of carbonyl (C=O) groups excluding carboxylic acids is 1.